The number of ether oxygens (including phenoxy) is 2. The average Bonchev–Trinajstić information content (AvgIpc) is 3.28. The zero-order valence-electron chi connectivity index (χ0n) is 20.0. The molecule has 4 bridgehead atoms. The van der Waals surface area contributed by atoms with Gasteiger partial charge in [-0.1, -0.05) is 11.6 Å². The predicted molar refractivity (Wildman–Crippen MR) is 133 cm³/mol. The molecule has 2 N–H and O–H groups in total. The molecule has 0 saturated heterocycles. The largest absolute Gasteiger partial charge is 0.454 e. The standard InChI is InChI=1S/C27H33ClN4O3/c28-21-7-24-23(34-15-35-24)6-19(21)12-32-2-1-20-22(13-32)30-14-31-26(20)29-11-25(33)27-8-16-3-17(9-27)5-18(4-16)10-27/h6-7,14,16-18,25,33H,1-5,8-13,15H2,(H,29,30,31). The second-order valence-corrected chi connectivity index (χ2v) is 12.0. The Hall–Kier alpha value is -2.09. The Labute approximate surface area is 211 Å². The SMILES string of the molecule is OC(CNc1ncnc2c1CCN(Cc1cc3c(cc1Cl)OCO3)C2)C12CC3CC(CC(C3)C1)C2. The maximum absolute atomic E-state index is 11.3. The van der Waals surface area contributed by atoms with Crippen molar-refractivity contribution in [3.8, 4) is 11.5 Å². The summed E-state index contributed by atoms with van der Waals surface area (Å²) in [7, 11) is 0. The van der Waals surface area contributed by atoms with Crippen LogP contribution in [0.4, 0.5) is 5.82 Å². The van der Waals surface area contributed by atoms with Gasteiger partial charge in [-0.15, -0.1) is 0 Å². The molecular weight excluding hydrogens is 464 g/mol. The number of hydrogen-bond donors (Lipinski definition) is 2. The molecule has 3 heterocycles. The number of aliphatic hydroxyl groups is 1. The van der Waals surface area contributed by atoms with Gasteiger partial charge in [-0.05, 0) is 79.7 Å². The third-order valence-electron chi connectivity index (χ3n) is 9.28. The molecule has 8 rings (SSSR count). The van der Waals surface area contributed by atoms with Crippen molar-refractivity contribution in [1.82, 2.24) is 14.9 Å². The lowest BCUT2D eigenvalue weighted by molar-refractivity contribution is -0.115. The molecule has 4 fully saturated rings. The third kappa shape index (κ3) is 3.96. The molecule has 6 aliphatic rings. The van der Waals surface area contributed by atoms with Gasteiger partial charge in [-0.3, -0.25) is 4.90 Å². The highest BCUT2D eigenvalue weighted by Crippen LogP contribution is 2.61. The summed E-state index contributed by atoms with van der Waals surface area (Å²) >= 11 is 6.51. The van der Waals surface area contributed by atoms with Crippen molar-refractivity contribution in [3.63, 3.8) is 0 Å². The first-order chi connectivity index (χ1) is 17.0. The lowest BCUT2D eigenvalue weighted by Crippen LogP contribution is -2.53. The number of fused-ring (bicyclic) bond motifs is 2. The Balaban J connectivity index is 1.02. The fourth-order valence-corrected chi connectivity index (χ4v) is 8.23. The van der Waals surface area contributed by atoms with Crippen molar-refractivity contribution in [2.75, 3.05) is 25.2 Å². The third-order valence-corrected chi connectivity index (χ3v) is 9.63. The van der Waals surface area contributed by atoms with E-state index >= 15 is 0 Å². The molecule has 0 amide bonds. The van der Waals surface area contributed by atoms with Crippen molar-refractivity contribution >= 4 is 17.4 Å². The Morgan fingerprint density at radius 2 is 1.80 bits per heavy atom. The van der Waals surface area contributed by atoms with Crippen LogP contribution in [0.3, 0.4) is 0 Å². The summed E-state index contributed by atoms with van der Waals surface area (Å²) in [6, 6.07) is 3.83. The van der Waals surface area contributed by atoms with Gasteiger partial charge in [0.1, 0.15) is 12.1 Å². The minimum Gasteiger partial charge on any atom is -0.454 e. The number of hydrogen-bond acceptors (Lipinski definition) is 7. The molecule has 35 heavy (non-hydrogen) atoms. The van der Waals surface area contributed by atoms with Crippen LogP contribution in [-0.2, 0) is 19.5 Å². The fraction of sp³-hybridized carbons (Fsp3) is 0.630. The molecular formula is C27H33ClN4O3. The molecule has 186 valence electrons. The molecule has 8 heteroatoms. The summed E-state index contributed by atoms with van der Waals surface area (Å²) in [6.07, 6.45) is 10.0. The van der Waals surface area contributed by atoms with E-state index in [2.05, 4.69) is 20.2 Å². The van der Waals surface area contributed by atoms with E-state index in [1.54, 1.807) is 6.33 Å². The van der Waals surface area contributed by atoms with Crippen LogP contribution >= 0.6 is 11.6 Å². The monoisotopic (exact) mass is 496 g/mol. The van der Waals surface area contributed by atoms with Crippen LogP contribution in [0.1, 0.15) is 55.3 Å². The lowest BCUT2D eigenvalue weighted by Gasteiger charge is -2.58. The van der Waals surface area contributed by atoms with Crippen LogP contribution in [0.25, 0.3) is 0 Å². The number of anilines is 1. The number of rotatable bonds is 6. The molecule has 1 atom stereocenters. The van der Waals surface area contributed by atoms with Crippen molar-refractivity contribution in [1.29, 1.82) is 0 Å². The van der Waals surface area contributed by atoms with Gasteiger partial charge >= 0.3 is 0 Å². The highest BCUT2D eigenvalue weighted by atomic mass is 35.5. The Bertz CT molecular complexity index is 1110. The van der Waals surface area contributed by atoms with Gasteiger partial charge in [0.2, 0.25) is 6.79 Å². The van der Waals surface area contributed by atoms with E-state index in [4.69, 9.17) is 21.1 Å². The summed E-state index contributed by atoms with van der Waals surface area (Å²) in [5.74, 6) is 4.88. The molecule has 1 unspecified atom stereocenters. The van der Waals surface area contributed by atoms with Crippen LogP contribution in [-0.4, -0.2) is 46.0 Å². The van der Waals surface area contributed by atoms with Crippen LogP contribution in [0, 0.1) is 23.2 Å². The van der Waals surface area contributed by atoms with E-state index in [9.17, 15) is 5.11 Å². The number of nitrogens with one attached hydrogen (secondary N) is 1. The molecule has 7 nitrogen and oxygen atoms in total. The van der Waals surface area contributed by atoms with Gasteiger partial charge in [-0.2, -0.15) is 0 Å². The van der Waals surface area contributed by atoms with Crippen LogP contribution in [0.2, 0.25) is 5.02 Å². The first kappa shape index (κ1) is 22.1. The van der Waals surface area contributed by atoms with E-state index in [0.29, 0.717) is 17.3 Å². The highest BCUT2D eigenvalue weighted by molar-refractivity contribution is 6.31. The smallest absolute Gasteiger partial charge is 0.231 e. The Morgan fingerprint density at radius 3 is 2.54 bits per heavy atom. The molecule has 1 aromatic carbocycles. The quantitative estimate of drug-likeness (QED) is 0.613. The van der Waals surface area contributed by atoms with E-state index < -0.39 is 0 Å². The normalized spacial score (nSPS) is 31.4. The number of halogens is 1. The van der Waals surface area contributed by atoms with Crippen LogP contribution in [0.15, 0.2) is 18.5 Å². The topological polar surface area (TPSA) is 79.7 Å². The minimum atomic E-state index is -0.310. The second-order valence-electron chi connectivity index (χ2n) is 11.6. The fourth-order valence-electron chi connectivity index (χ4n) is 8.01. The predicted octanol–water partition coefficient (Wildman–Crippen LogP) is 4.41. The van der Waals surface area contributed by atoms with E-state index in [-0.39, 0.29) is 18.3 Å². The van der Waals surface area contributed by atoms with Crippen LogP contribution in [0.5, 0.6) is 11.5 Å². The number of benzene rings is 1. The summed E-state index contributed by atoms with van der Waals surface area (Å²) in [4.78, 5) is 11.5. The number of aromatic nitrogens is 2. The highest BCUT2D eigenvalue weighted by Gasteiger charge is 2.53. The Kier molecular flexibility index (Phi) is 5.37. The molecule has 2 aliphatic heterocycles. The maximum atomic E-state index is 11.3. The number of aliphatic hydroxyl groups excluding tert-OH is 1. The first-order valence-corrected chi connectivity index (χ1v) is 13.5. The molecule has 1 aromatic heterocycles. The van der Waals surface area contributed by atoms with Gasteiger partial charge in [0.05, 0.1) is 11.8 Å². The average molecular weight is 497 g/mol. The summed E-state index contributed by atoms with van der Waals surface area (Å²) in [6.45, 7) is 3.20. The summed E-state index contributed by atoms with van der Waals surface area (Å²) < 4.78 is 11.0. The first-order valence-electron chi connectivity index (χ1n) is 13.1. The summed E-state index contributed by atoms with van der Waals surface area (Å²) in [5.41, 5.74) is 3.38. The molecule has 2 aromatic rings. The van der Waals surface area contributed by atoms with Gasteiger partial charge in [-0.25, -0.2) is 9.97 Å². The van der Waals surface area contributed by atoms with Gasteiger partial charge in [0.15, 0.2) is 11.5 Å². The van der Waals surface area contributed by atoms with E-state index in [0.717, 1.165) is 66.6 Å². The second kappa shape index (κ2) is 8.49. The van der Waals surface area contributed by atoms with Gasteiger partial charge < -0.3 is 19.9 Å². The minimum absolute atomic E-state index is 0.121. The molecule has 4 saturated carbocycles. The van der Waals surface area contributed by atoms with Gasteiger partial charge in [0.25, 0.3) is 0 Å². The van der Waals surface area contributed by atoms with Crippen LogP contribution < -0.4 is 14.8 Å². The van der Waals surface area contributed by atoms with E-state index in [1.807, 2.05) is 12.1 Å². The number of nitrogens with zero attached hydrogens (tertiary/aromatic N) is 3. The Morgan fingerprint density at radius 1 is 1.09 bits per heavy atom. The molecule has 0 radical (unpaired) electrons. The molecule has 4 aliphatic carbocycles. The zero-order chi connectivity index (χ0) is 23.6. The maximum Gasteiger partial charge on any atom is 0.231 e. The zero-order valence-corrected chi connectivity index (χ0v) is 20.8. The van der Waals surface area contributed by atoms with Crippen molar-refractivity contribution in [2.45, 2.75) is 64.1 Å². The van der Waals surface area contributed by atoms with Crippen molar-refractivity contribution in [2.24, 2.45) is 23.2 Å². The summed E-state index contributed by atoms with van der Waals surface area (Å²) in [5, 5.41) is 15.6. The molecule has 0 spiro atoms. The lowest BCUT2D eigenvalue weighted by atomic mass is 9.48. The van der Waals surface area contributed by atoms with E-state index in [1.165, 1.54) is 44.1 Å². The van der Waals surface area contributed by atoms with Crippen molar-refractivity contribution in [3.05, 3.63) is 40.3 Å². The van der Waals surface area contributed by atoms with Crippen molar-refractivity contribution < 1.29 is 14.6 Å². The van der Waals surface area contributed by atoms with Gasteiger partial charge in [0, 0.05) is 42.8 Å².